The number of ether oxygens (including phenoxy) is 1. The molecule has 1 aliphatic rings. The second-order valence-corrected chi connectivity index (χ2v) is 9.77. The molecule has 2 aromatic carbocycles. The van der Waals surface area contributed by atoms with Crippen LogP contribution in [0.5, 0.6) is 0 Å². The number of carbonyl (C=O) groups is 2. The monoisotopic (exact) mass is 464 g/mol. The molecule has 1 fully saturated rings. The van der Waals surface area contributed by atoms with Crippen LogP contribution >= 0.6 is 11.6 Å². The van der Waals surface area contributed by atoms with E-state index in [0.717, 1.165) is 5.56 Å². The summed E-state index contributed by atoms with van der Waals surface area (Å²) in [5.41, 5.74) is 1.71. The normalized spacial score (nSPS) is 17.2. The maximum atomic E-state index is 12.9. The minimum Gasteiger partial charge on any atom is -0.462 e. The van der Waals surface area contributed by atoms with E-state index in [1.54, 1.807) is 32.0 Å². The minimum absolute atomic E-state index is 0.108. The largest absolute Gasteiger partial charge is 0.462 e. The molecule has 0 aromatic heterocycles. The predicted octanol–water partition coefficient (Wildman–Crippen LogP) is 3.86. The first-order valence-electron chi connectivity index (χ1n) is 10.1. The standard InChI is InChI=1S/C22H25ClN2O5S/c1-3-30-22(27)16-6-11-20(15(2)13-16)24-21(26)17-5-4-12-25(14-17)31(28,29)19-9-7-18(23)8-10-19/h6-11,13,17H,3-5,12,14H2,1-2H3,(H,24,26)/t17-/m0/s1. The van der Waals surface area contributed by atoms with Crippen molar-refractivity contribution >= 4 is 39.2 Å². The Hall–Kier alpha value is -2.42. The van der Waals surface area contributed by atoms with Crippen molar-refractivity contribution in [3.8, 4) is 0 Å². The Bertz CT molecular complexity index is 1070. The van der Waals surface area contributed by atoms with Crippen LogP contribution in [-0.2, 0) is 19.6 Å². The molecule has 7 nitrogen and oxygen atoms in total. The van der Waals surface area contributed by atoms with Gasteiger partial charge >= 0.3 is 5.97 Å². The van der Waals surface area contributed by atoms with Crippen molar-refractivity contribution in [2.45, 2.75) is 31.6 Å². The van der Waals surface area contributed by atoms with E-state index in [4.69, 9.17) is 16.3 Å². The fourth-order valence-electron chi connectivity index (χ4n) is 3.51. The van der Waals surface area contributed by atoms with E-state index in [1.165, 1.54) is 28.6 Å². The maximum absolute atomic E-state index is 12.9. The van der Waals surface area contributed by atoms with Crippen molar-refractivity contribution in [3.05, 3.63) is 58.6 Å². The van der Waals surface area contributed by atoms with E-state index < -0.39 is 21.9 Å². The summed E-state index contributed by atoms with van der Waals surface area (Å²) >= 11 is 5.86. The van der Waals surface area contributed by atoms with Gasteiger partial charge in [-0.15, -0.1) is 0 Å². The van der Waals surface area contributed by atoms with Gasteiger partial charge in [0.25, 0.3) is 0 Å². The summed E-state index contributed by atoms with van der Waals surface area (Å²) in [5, 5.41) is 3.32. The van der Waals surface area contributed by atoms with Crippen LogP contribution in [0.25, 0.3) is 0 Å². The number of anilines is 1. The van der Waals surface area contributed by atoms with Gasteiger partial charge in [-0.1, -0.05) is 11.6 Å². The molecule has 31 heavy (non-hydrogen) atoms. The molecular formula is C22H25ClN2O5S. The summed E-state index contributed by atoms with van der Waals surface area (Å²) in [6.07, 6.45) is 1.18. The first-order valence-corrected chi connectivity index (χ1v) is 11.9. The molecule has 2 aromatic rings. The lowest BCUT2D eigenvalue weighted by molar-refractivity contribution is -0.120. The van der Waals surface area contributed by atoms with Crippen molar-refractivity contribution in [2.75, 3.05) is 25.0 Å². The zero-order valence-electron chi connectivity index (χ0n) is 17.4. The van der Waals surface area contributed by atoms with E-state index in [1.807, 2.05) is 0 Å². The number of nitrogens with zero attached hydrogens (tertiary/aromatic N) is 1. The topological polar surface area (TPSA) is 92.8 Å². The number of carbonyl (C=O) groups excluding carboxylic acids is 2. The van der Waals surface area contributed by atoms with E-state index in [9.17, 15) is 18.0 Å². The van der Waals surface area contributed by atoms with Crippen molar-refractivity contribution in [3.63, 3.8) is 0 Å². The molecule has 1 amide bonds. The van der Waals surface area contributed by atoms with Gasteiger partial charge in [-0.2, -0.15) is 4.31 Å². The number of hydrogen-bond acceptors (Lipinski definition) is 5. The fourth-order valence-corrected chi connectivity index (χ4v) is 5.16. The number of nitrogens with one attached hydrogen (secondary N) is 1. The first-order chi connectivity index (χ1) is 14.7. The molecule has 1 heterocycles. The Morgan fingerprint density at radius 2 is 1.90 bits per heavy atom. The molecule has 0 saturated carbocycles. The Morgan fingerprint density at radius 1 is 1.19 bits per heavy atom. The number of sulfonamides is 1. The van der Waals surface area contributed by atoms with Crippen LogP contribution in [0.4, 0.5) is 5.69 Å². The molecule has 0 aliphatic carbocycles. The molecule has 9 heteroatoms. The Balaban J connectivity index is 1.70. The highest BCUT2D eigenvalue weighted by atomic mass is 35.5. The van der Waals surface area contributed by atoms with Crippen LogP contribution in [0.15, 0.2) is 47.4 Å². The molecule has 0 radical (unpaired) electrons. The summed E-state index contributed by atoms with van der Waals surface area (Å²) in [6, 6.07) is 10.9. The summed E-state index contributed by atoms with van der Waals surface area (Å²) in [4.78, 5) is 24.9. The Morgan fingerprint density at radius 3 is 2.55 bits per heavy atom. The van der Waals surface area contributed by atoms with Crippen molar-refractivity contribution in [1.82, 2.24) is 4.31 Å². The number of aryl methyl sites for hydroxylation is 1. The molecule has 1 saturated heterocycles. The van der Waals surface area contributed by atoms with E-state index in [2.05, 4.69) is 5.32 Å². The average molecular weight is 465 g/mol. The molecule has 0 unspecified atom stereocenters. The van der Waals surface area contributed by atoms with E-state index in [0.29, 0.717) is 35.7 Å². The molecule has 166 valence electrons. The minimum atomic E-state index is -3.70. The average Bonchev–Trinajstić information content (AvgIpc) is 2.75. The third-order valence-electron chi connectivity index (χ3n) is 5.20. The SMILES string of the molecule is CCOC(=O)c1ccc(NC(=O)[C@H]2CCCN(S(=O)(=O)c3ccc(Cl)cc3)C2)c(C)c1. The van der Waals surface area contributed by atoms with Crippen molar-refractivity contribution in [1.29, 1.82) is 0 Å². The lowest BCUT2D eigenvalue weighted by atomic mass is 9.98. The predicted molar refractivity (Wildman–Crippen MR) is 119 cm³/mol. The van der Waals surface area contributed by atoms with Gasteiger partial charge in [0.1, 0.15) is 0 Å². The second-order valence-electron chi connectivity index (χ2n) is 7.40. The van der Waals surface area contributed by atoms with Gasteiger partial charge in [0.05, 0.1) is 23.0 Å². The highest BCUT2D eigenvalue weighted by Gasteiger charge is 2.33. The Kier molecular flexibility index (Phi) is 7.35. The fraction of sp³-hybridized carbons (Fsp3) is 0.364. The van der Waals surface area contributed by atoms with E-state index >= 15 is 0 Å². The van der Waals surface area contributed by atoms with Gasteiger partial charge < -0.3 is 10.1 Å². The van der Waals surface area contributed by atoms with Gasteiger partial charge in [-0.05, 0) is 74.7 Å². The summed E-state index contributed by atoms with van der Waals surface area (Å²) in [6.45, 7) is 4.28. The molecule has 1 aliphatic heterocycles. The lowest BCUT2D eigenvalue weighted by Crippen LogP contribution is -2.43. The molecule has 1 atom stereocenters. The van der Waals surface area contributed by atoms with Gasteiger partial charge in [0.2, 0.25) is 15.9 Å². The van der Waals surface area contributed by atoms with Crippen LogP contribution in [0.1, 0.15) is 35.7 Å². The van der Waals surface area contributed by atoms with Crippen LogP contribution in [0.2, 0.25) is 5.02 Å². The van der Waals surface area contributed by atoms with Crippen LogP contribution in [-0.4, -0.2) is 44.3 Å². The molecule has 3 rings (SSSR count). The number of piperidine rings is 1. The highest BCUT2D eigenvalue weighted by molar-refractivity contribution is 7.89. The van der Waals surface area contributed by atoms with Gasteiger partial charge in [-0.25, -0.2) is 13.2 Å². The van der Waals surface area contributed by atoms with Gasteiger partial charge in [-0.3, -0.25) is 4.79 Å². The zero-order chi connectivity index (χ0) is 22.6. The summed E-state index contributed by atoms with van der Waals surface area (Å²) < 4.78 is 32.2. The van der Waals surface area contributed by atoms with Crippen LogP contribution in [0, 0.1) is 12.8 Å². The molecule has 0 bridgehead atoms. The maximum Gasteiger partial charge on any atom is 0.338 e. The molecule has 1 N–H and O–H groups in total. The second kappa shape index (κ2) is 9.80. The van der Waals surface area contributed by atoms with Crippen molar-refractivity contribution < 1.29 is 22.7 Å². The summed E-state index contributed by atoms with van der Waals surface area (Å²) in [7, 11) is -3.70. The molecule has 0 spiro atoms. The van der Waals surface area contributed by atoms with Crippen molar-refractivity contribution in [2.24, 2.45) is 5.92 Å². The summed E-state index contributed by atoms with van der Waals surface area (Å²) in [5.74, 6) is -1.14. The highest BCUT2D eigenvalue weighted by Crippen LogP contribution is 2.26. The Labute approximate surface area is 187 Å². The zero-order valence-corrected chi connectivity index (χ0v) is 19.0. The molecular weight excluding hydrogens is 440 g/mol. The lowest BCUT2D eigenvalue weighted by Gasteiger charge is -2.31. The number of rotatable bonds is 6. The number of hydrogen-bond donors (Lipinski definition) is 1. The van der Waals surface area contributed by atoms with Gasteiger partial charge in [0.15, 0.2) is 0 Å². The number of amides is 1. The number of benzene rings is 2. The van der Waals surface area contributed by atoms with Crippen LogP contribution in [0.3, 0.4) is 0 Å². The third-order valence-corrected chi connectivity index (χ3v) is 7.33. The number of esters is 1. The van der Waals surface area contributed by atoms with Crippen LogP contribution < -0.4 is 5.32 Å². The smallest absolute Gasteiger partial charge is 0.338 e. The quantitative estimate of drug-likeness (QED) is 0.655. The van der Waals surface area contributed by atoms with E-state index in [-0.39, 0.29) is 24.0 Å². The third kappa shape index (κ3) is 5.44. The van der Waals surface area contributed by atoms with Gasteiger partial charge in [0, 0.05) is 23.8 Å². The first kappa shape index (κ1) is 23.2. The number of halogens is 1.